The van der Waals surface area contributed by atoms with Gasteiger partial charge >= 0.3 is 0 Å². The molecule has 1 N–H and O–H groups in total. The van der Waals surface area contributed by atoms with Crippen LogP contribution >= 0.6 is 11.3 Å². The number of aryl methyl sites for hydroxylation is 1. The van der Waals surface area contributed by atoms with Crippen LogP contribution in [0.25, 0.3) is 0 Å². The van der Waals surface area contributed by atoms with E-state index in [1.807, 2.05) is 0 Å². The highest BCUT2D eigenvalue weighted by molar-refractivity contribution is 7.12. The number of methoxy groups -OCH3 is 1. The summed E-state index contributed by atoms with van der Waals surface area (Å²) in [5, 5.41) is 3.02. The summed E-state index contributed by atoms with van der Waals surface area (Å²) in [7, 11) is 1.69. The van der Waals surface area contributed by atoms with Crippen molar-refractivity contribution in [2.24, 2.45) is 5.92 Å². The predicted molar refractivity (Wildman–Crippen MR) is 78.3 cm³/mol. The van der Waals surface area contributed by atoms with E-state index in [1.165, 1.54) is 9.75 Å². The van der Waals surface area contributed by atoms with Gasteiger partial charge in [-0.15, -0.1) is 11.3 Å². The molecule has 0 aliphatic heterocycles. The average molecular weight is 279 g/mol. The minimum absolute atomic E-state index is 0.0400. The number of hydrogen-bond donors (Lipinski definition) is 1. The molecule has 1 aliphatic rings. The summed E-state index contributed by atoms with van der Waals surface area (Å²) < 4.78 is 5.47. The van der Waals surface area contributed by atoms with Gasteiger partial charge in [0.2, 0.25) is 5.91 Å². The molecule has 0 fully saturated rings. The molecule has 1 heterocycles. The lowest BCUT2D eigenvalue weighted by Gasteiger charge is -2.20. The monoisotopic (exact) mass is 279 g/mol. The molecule has 1 aliphatic carbocycles. The Morgan fingerprint density at radius 3 is 2.95 bits per heavy atom. The molecule has 0 radical (unpaired) electrons. The van der Waals surface area contributed by atoms with E-state index < -0.39 is 0 Å². The Kier molecular flexibility index (Phi) is 5.16. The first-order valence-corrected chi connectivity index (χ1v) is 7.54. The molecular formula is C15H21NO2S. The minimum atomic E-state index is -0.0400. The first-order valence-electron chi connectivity index (χ1n) is 6.72. The third-order valence-electron chi connectivity index (χ3n) is 3.46. The molecule has 1 aromatic heterocycles. The lowest BCUT2D eigenvalue weighted by molar-refractivity contribution is -0.125. The zero-order valence-electron chi connectivity index (χ0n) is 11.5. The molecule has 2 rings (SSSR count). The van der Waals surface area contributed by atoms with Gasteiger partial charge in [-0.2, -0.15) is 0 Å². The molecule has 2 atom stereocenters. The number of thiophene rings is 1. The maximum absolute atomic E-state index is 12.1. The normalized spacial score (nSPS) is 20.2. The zero-order chi connectivity index (χ0) is 13.7. The zero-order valence-corrected chi connectivity index (χ0v) is 12.3. The van der Waals surface area contributed by atoms with Crippen molar-refractivity contribution in [3.05, 3.63) is 34.0 Å². The van der Waals surface area contributed by atoms with Crippen LogP contribution in [0.4, 0.5) is 0 Å². The Morgan fingerprint density at radius 1 is 1.53 bits per heavy atom. The van der Waals surface area contributed by atoms with Crippen LogP contribution in [0.1, 0.15) is 35.1 Å². The summed E-state index contributed by atoms with van der Waals surface area (Å²) in [6, 6.07) is 4.16. The summed E-state index contributed by atoms with van der Waals surface area (Å²) >= 11 is 1.72. The lowest BCUT2D eigenvalue weighted by Crippen LogP contribution is -2.34. The molecule has 0 unspecified atom stereocenters. The van der Waals surface area contributed by atoms with E-state index in [2.05, 4.69) is 36.5 Å². The molecule has 0 spiro atoms. The summed E-state index contributed by atoms with van der Waals surface area (Å²) in [4.78, 5) is 14.5. The molecular weight excluding hydrogens is 258 g/mol. The van der Waals surface area contributed by atoms with Gasteiger partial charge in [0.15, 0.2) is 0 Å². The summed E-state index contributed by atoms with van der Waals surface area (Å²) in [6.07, 6.45) is 7.04. The number of amides is 1. The first-order chi connectivity index (χ1) is 9.20. The van der Waals surface area contributed by atoms with Gasteiger partial charge in [0.05, 0.1) is 0 Å². The quantitative estimate of drug-likeness (QED) is 0.840. The second kappa shape index (κ2) is 6.87. The van der Waals surface area contributed by atoms with Gasteiger partial charge in [-0.05, 0) is 38.3 Å². The maximum atomic E-state index is 12.1. The van der Waals surface area contributed by atoms with E-state index in [1.54, 1.807) is 18.4 Å². The number of hydrogen-bond acceptors (Lipinski definition) is 3. The van der Waals surface area contributed by atoms with Crippen LogP contribution in [0.3, 0.4) is 0 Å². The number of ether oxygens (including phenoxy) is 1. The number of carbonyl (C=O) groups is 1. The van der Waals surface area contributed by atoms with E-state index >= 15 is 0 Å². The van der Waals surface area contributed by atoms with Crippen LogP contribution in [-0.2, 0) is 9.53 Å². The summed E-state index contributed by atoms with van der Waals surface area (Å²) in [5.74, 6) is 0.284. The Bertz CT molecular complexity index is 453. The molecule has 0 bridgehead atoms. The highest BCUT2D eigenvalue weighted by Crippen LogP contribution is 2.25. The minimum Gasteiger partial charge on any atom is -0.374 e. The SMILES string of the molecule is CO[C@H](CNC(=O)[C@H]1CC=CCC1)c1ccc(C)s1. The highest BCUT2D eigenvalue weighted by atomic mass is 32.1. The van der Waals surface area contributed by atoms with Gasteiger partial charge < -0.3 is 10.1 Å². The molecule has 1 amide bonds. The van der Waals surface area contributed by atoms with E-state index in [0.717, 1.165) is 19.3 Å². The number of nitrogens with one attached hydrogen (secondary N) is 1. The fourth-order valence-electron chi connectivity index (χ4n) is 2.30. The predicted octanol–water partition coefficient (Wildman–Crippen LogP) is 3.22. The van der Waals surface area contributed by atoms with Crippen molar-refractivity contribution in [3.8, 4) is 0 Å². The van der Waals surface area contributed by atoms with Crippen LogP contribution in [0.5, 0.6) is 0 Å². The maximum Gasteiger partial charge on any atom is 0.223 e. The van der Waals surface area contributed by atoms with Crippen molar-refractivity contribution >= 4 is 17.2 Å². The number of carbonyl (C=O) groups excluding carboxylic acids is 1. The third-order valence-corrected chi connectivity index (χ3v) is 4.56. The fraction of sp³-hybridized carbons (Fsp3) is 0.533. The van der Waals surface area contributed by atoms with Gasteiger partial charge in [-0.25, -0.2) is 0 Å². The van der Waals surface area contributed by atoms with Gasteiger partial charge in [-0.1, -0.05) is 12.2 Å². The Morgan fingerprint density at radius 2 is 2.37 bits per heavy atom. The summed E-state index contributed by atoms with van der Waals surface area (Å²) in [5.41, 5.74) is 0. The topological polar surface area (TPSA) is 38.3 Å². The molecule has 4 heteroatoms. The van der Waals surface area contributed by atoms with Crippen LogP contribution < -0.4 is 5.32 Å². The smallest absolute Gasteiger partial charge is 0.223 e. The van der Waals surface area contributed by atoms with Crippen LogP contribution in [0.15, 0.2) is 24.3 Å². The van der Waals surface area contributed by atoms with Crippen molar-refractivity contribution in [2.75, 3.05) is 13.7 Å². The van der Waals surface area contributed by atoms with Crippen LogP contribution in [0, 0.1) is 12.8 Å². The highest BCUT2D eigenvalue weighted by Gasteiger charge is 2.20. The van der Waals surface area contributed by atoms with Crippen LogP contribution in [-0.4, -0.2) is 19.6 Å². The fourth-order valence-corrected chi connectivity index (χ4v) is 3.25. The average Bonchev–Trinajstić information content (AvgIpc) is 2.87. The second-order valence-corrected chi connectivity index (χ2v) is 6.22. The largest absolute Gasteiger partial charge is 0.374 e. The van der Waals surface area contributed by atoms with E-state index in [4.69, 9.17) is 4.74 Å². The van der Waals surface area contributed by atoms with Crippen molar-refractivity contribution in [2.45, 2.75) is 32.3 Å². The van der Waals surface area contributed by atoms with Gasteiger partial charge in [0.1, 0.15) is 6.10 Å². The van der Waals surface area contributed by atoms with Gasteiger partial charge in [0, 0.05) is 29.3 Å². The number of allylic oxidation sites excluding steroid dienone is 2. The van der Waals surface area contributed by atoms with Gasteiger partial charge in [0.25, 0.3) is 0 Å². The Balaban J connectivity index is 1.86. The first kappa shape index (κ1) is 14.3. The molecule has 3 nitrogen and oxygen atoms in total. The second-order valence-electron chi connectivity index (χ2n) is 4.90. The lowest BCUT2D eigenvalue weighted by atomic mass is 9.93. The summed E-state index contributed by atoms with van der Waals surface area (Å²) in [6.45, 7) is 2.63. The standard InChI is InChI=1S/C15H21NO2S/c1-11-8-9-14(19-11)13(18-2)10-16-15(17)12-6-4-3-5-7-12/h3-4,8-9,12-13H,5-7,10H2,1-2H3,(H,16,17)/t12-,13+/m0/s1. The van der Waals surface area contributed by atoms with Gasteiger partial charge in [-0.3, -0.25) is 4.79 Å². The Hall–Kier alpha value is -1.13. The van der Waals surface area contributed by atoms with E-state index in [9.17, 15) is 4.79 Å². The molecule has 0 aromatic carbocycles. The molecule has 104 valence electrons. The van der Waals surface area contributed by atoms with Crippen molar-refractivity contribution in [1.29, 1.82) is 0 Å². The molecule has 19 heavy (non-hydrogen) atoms. The van der Waals surface area contributed by atoms with Crippen molar-refractivity contribution in [1.82, 2.24) is 5.32 Å². The number of rotatable bonds is 5. The molecule has 0 saturated carbocycles. The van der Waals surface area contributed by atoms with Crippen molar-refractivity contribution in [3.63, 3.8) is 0 Å². The van der Waals surface area contributed by atoms with E-state index in [-0.39, 0.29) is 17.9 Å². The van der Waals surface area contributed by atoms with E-state index in [0.29, 0.717) is 6.54 Å². The van der Waals surface area contributed by atoms with Crippen molar-refractivity contribution < 1.29 is 9.53 Å². The van der Waals surface area contributed by atoms with Crippen LogP contribution in [0.2, 0.25) is 0 Å². The Labute approximate surface area is 118 Å². The molecule has 1 aromatic rings. The third kappa shape index (κ3) is 3.91. The molecule has 0 saturated heterocycles.